The minimum absolute atomic E-state index is 0.170. The van der Waals surface area contributed by atoms with E-state index < -0.39 is 29.1 Å². The second-order valence-electron chi connectivity index (χ2n) is 5.55. The minimum atomic E-state index is -1.42. The predicted octanol–water partition coefficient (Wildman–Crippen LogP) is 1.61. The minimum Gasteiger partial charge on any atom is -0.465 e. The zero-order valence-electron chi connectivity index (χ0n) is 11.1. The summed E-state index contributed by atoms with van der Waals surface area (Å²) in [5.41, 5.74) is -2.14. The zero-order valence-corrected chi connectivity index (χ0v) is 11.1. The van der Waals surface area contributed by atoms with Crippen LogP contribution < -0.4 is 0 Å². The fourth-order valence-corrected chi connectivity index (χ4v) is 2.08. The van der Waals surface area contributed by atoms with Crippen molar-refractivity contribution in [1.29, 1.82) is 5.26 Å². The van der Waals surface area contributed by atoms with Gasteiger partial charge in [-0.3, -0.25) is 4.90 Å². The number of nitriles is 1. The number of amides is 1. The Labute approximate surface area is 106 Å². The summed E-state index contributed by atoms with van der Waals surface area (Å²) in [4.78, 5) is 24.3. The van der Waals surface area contributed by atoms with Crippen LogP contribution in [0.5, 0.6) is 0 Å². The monoisotopic (exact) mass is 254 g/mol. The van der Waals surface area contributed by atoms with Gasteiger partial charge in [0, 0.05) is 6.54 Å². The lowest BCUT2D eigenvalue weighted by Gasteiger charge is -2.35. The van der Waals surface area contributed by atoms with E-state index >= 15 is 0 Å². The highest BCUT2D eigenvalue weighted by Crippen LogP contribution is 2.36. The third-order valence-corrected chi connectivity index (χ3v) is 3.08. The third-order valence-electron chi connectivity index (χ3n) is 3.08. The maximum Gasteiger partial charge on any atom is 0.408 e. The molecular formula is C12H18N2O4. The van der Waals surface area contributed by atoms with E-state index in [1.165, 1.54) is 6.92 Å². The van der Waals surface area contributed by atoms with Crippen molar-refractivity contribution in [3.63, 3.8) is 0 Å². The van der Waals surface area contributed by atoms with Gasteiger partial charge in [-0.1, -0.05) is 0 Å². The summed E-state index contributed by atoms with van der Waals surface area (Å²) < 4.78 is 5.24. The summed E-state index contributed by atoms with van der Waals surface area (Å²) in [6.07, 6.45) is -0.862. The van der Waals surface area contributed by atoms with E-state index in [1.807, 2.05) is 6.07 Å². The predicted molar refractivity (Wildman–Crippen MR) is 62.7 cm³/mol. The van der Waals surface area contributed by atoms with Gasteiger partial charge in [0.05, 0.1) is 12.0 Å². The van der Waals surface area contributed by atoms with Crippen molar-refractivity contribution in [3.05, 3.63) is 0 Å². The first-order valence-corrected chi connectivity index (χ1v) is 5.76. The molecule has 0 radical (unpaired) electrons. The molecule has 0 aromatic carbocycles. The van der Waals surface area contributed by atoms with Crippen molar-refractivity contribution in [2.75, 3.05) is 6.54 Å². The van der Waals surface area contributed by atoms with E-state index in [4.69, 9.17) is 15.1 Å². The average molecular weight is 254 g/mol. The van der Waals surface area contributed by atoms with E-state index in [1.54, 1.807) is 20.8 Å². The number of carbonyl (C=O) groups excluding carboxylic acids is 1. The van der Waals surface area contributed by atoms with Gasteiger partial charge in [0.2, 0.25) is 0 Å². The van der Waals surface area contributed by atoms with Gasteiger partial charge in [-0.2, -0.15) is 5.26 Å². The molecule has 0 aromatic heterocycles. The van der Waals surface area contributed by atoms with Crippen LogP contribution in [0.4, 0.5) is 4.79 Å². The molecule has 6 nitrogen and oxygen atoms in total. The summed E-state index contributed by atoms with van der Waals surface area (Å²) in [6.45, 7) is 6.74. The highest BCUT2D eigenvalue weighted by atomic mass is 16.6. The molecule has 0 saturated carbocycles. The molecule has 1 aliphatic rings. The Balaban J connectivity index is 3.08. The Morgan fingerprint density at radius 2 is 2.06 bits per heavy atom. The molecule has 18 heavy (non-hydrogen) atoms. The lowest BCUT2D eigenvalue weighted by molar-refractivity contribution is -0.167. The van der Waals surface area contributed by atoms with E-state index in [0.29, 0.717) is 6.42 Å². The van der Waals surface area contributed by atoms with E-state index in [2.05, 4.69) is 0 Å². The summed E-state index contributed by atoms with van der Waals surface area (Å²) in [5.74, 6) is -1.34. The quantitative estimate of drug-likeness (QED) is 0.718. The Morgan fingerprint density at radius 1 is 1.50 bits per heavy atom. The van der Waals surface area contributed by atoms with E-state index in [-0.39, 0.29) is 6.54 Å². The first-order chi connectivity index (χ1) is 8.13. The Bertz CT molecular complexity index is 407. The number of nitrogens with zero attached hydrogens (tertiary/aromatic N) is 2. The molecule has 0 bridgehead atoms. The van der Waals surface area contributed by atoms with Gasteiger partial charge >= 0.3 is 12.1 Å². The number of hydrogen-bond donors (Lipinski definition) is 1. The third kappa shape index (κ3) is 2.40. The highest BCUT2D eigenvalue weighted by molar-refractivity contribution is 5.86. The molecule has 1 unspecified atom stereocenters. The number of carboxylic acid groups (broad SMARTS) is 1. The number of ether oxygens (including phenoxy) is 1. The second-order valence-corrected chi connectivity index (χ2v) is 5.55. The van der Waals surface area contributed by atoms with Gasteiger partial charge in [-0.25, -0.2) is 9.59 Å². The molecule has 1 heterocycles. The normalized spacial score (nSPS) is 27.7. The fourth-order valence-electron chi connectivity index (χ4n) is 2.08. The van der Waals surface area contributed by atoms with Crippen LogP contribution in [0.1, 0.15) is 34.1 Å². The fraction of sp³-hybridized carbons (Fsp3) is 0.750. The largest absolute Gasteiger partial charge is 0.465 e. The summed E-state index contributed by atoms with van der Waals surface area (Å²) >= 11 is 0. The van der Waals surface area contributed by atoms with E-state index in [0.717, 1.165) is 4.90 Å². The van der Waals surface area contributed by atoms with Crippen LogP contribution in [0.25, 0.3) is 0 Å². The Hall–Kier alpha value is -1.77. The second kappa shape index (κ2) is 4.48. The van der Waals surface area contributed by atoms with Crippen molar-refractivity contribution in [2.24, 2.45) is 5.92 Å². The summed E-state index contributed by atoms with van der Waals surface area (Å²) in [5, 5.41) is 18.2. The molecule has 0 aromatic rings. The highest BCUT2D eigenvalue weighted by Gasteiger charge is 2.55. The van der Waals surface area contributed by atoms with Crippen molar-refractivity contribution in [1.82, 2.24) is 4.90 Å². The van der Waals surface area contributed by atoms with Gasteiger partial charge in [0.25, 0.3) is 0 Å². The number of carbonyl (C=O) groups is 2. The van der Waals surface area contributed by atoms with Crippen LogP contribution in [0.15, 0.2) is 0 Å². The van der Waals surface area contributed by atoms with Gasteiger partial charge in [-0.05, 0) is 34.1 Å². The standard InChI is InChI=1S/C12H18N2O4/c1-11(2,3)18-9(15)12(4)8(7-13)5-6-14(12)10(16)17/h8H,5-6H2,1-4H3,(H,16,17)/t8?,12-/m1/s1. The summed E-state index contributed by atoms with van der Waals surface area (Å²) in [7, 11) is 0. The molecule has 1 rings (SSSR count). The number of likely N-dealkylation sites (tertiary alicyclic amines) is 1. The van der Waals surface area contributed by atoms with Crippen molar-refractivity contribution < 1.29 is 19.4 Å². The van der Waals surface area contributed by atoms with Gasteiger partial charge in [0.1, 0.15) is 5.60 Å². The average Bonchev–Trinajstić information content (AvgIpc) is 2.54. The maximum absolute atomic E-state index is 12.2. The Kier molecular flexibility index (Phi) is 3.56. The first-order valence-electron chi connectivity index (χ1n) is 5.76. The molecule has 6 heteroatoms. The topological polar surface area (TPSA) is 90.6 Å². The van der Waals surface area contributed by atoms with Crippen LogP contribution in [-0.4, -0.2) is 39.8 Å². The molecule has 1 aliphatic heterocycles. The SMILES string of the molecule is CC(C)(C)OC(=O)[C@@]1(C)C(C#N)CCN1C(=O)O. The number of rotatable bonds is 1. The van der Waals surface area contributed by atoms with Crippen LogP contribution in [0, 0.1) is 17.2 Å². The van der Waals surface area contributed by atoms with Gasteiger partial charge in [-0.15, -0.1) is 0 Å². The lowest BCUT2D eigenvalue weighted by atomic mass is 9.87. The number of esters is 1. The molecule has 1 N–H and O–H groups in total. The lowest BCUT2D eigenvalue weighted by Crippen LogP contribution is -2.55. The van der Waals surface area contributed by atoms with Crippen molar-refractivity contribution >= 4 is 12.1 Å². The van der Waals surface area contributed by atoms with E-state index in [9.17, 15) is 9.59 Å². The Morgan fingerprint density at radius 3 is 2.44 bits per heavy atom. The van der Waals surface area contributed by atoms with Crippen LogP contribution >= 0.6 is 0 Å². The van der Waals surface area contributed by atoms with Crippen LogP contribution in [-0.2, 0) is 9.53 Å². The van der Waals surface area contributed by atoms with Crippen LogP contribution in [0.2, 0.25) is 0 Å². The zero-order chi connectivity index (χ0) is 14.1. The molecule has 0 aliphatic carbocycles. The maximum atomic E-state index is 12.2. The number of hydrogen-bond acceptors (Lipinski definition) is 4. The van der Waals surface area contributed by atoms with Gasteiger partial charge in [0.15, 0.2) is 5.54 Å². The molecule has 2 atom stereocenters. The molecule has 1 saturated heterocycles. The first kappa shape index (κ1) is 14.3. The molecule has 1 fully saturated rings. The van der Waals surface area contributed by atoms with Crippen molar-refractivity contribution in [2.45, 2.75) is 45.3 Å². The molecular weight excluding hydrogens is 236 g/mol. The smallest absolute Gasteiger partial charge is 0.408 e. The molecule has 1 amide bonds. The molecule has 100 valence electrons. The van der Waals surface area contributed by atoms with Gasteiger partial charge < -0.3 is 9.84 Å². The molecule has 0 spiro atoms. The summed E-state index contributed by atoms with van der Waals surface area (Å²) in [6, 6.07) is 2.00. The van der Waals surface area contributed by atoms with Crippen LogP contribution in [0.3, 0.4) is 0 Å². The van der Waals surface area contributed by atoms with Crippen molar-refractivity contribution in [3.8, 4) is 6.07 Å².